The Morgan fingerprint density at radius 3 is 2.11 bits per heavy atom. The summed E-state index contributed by atoms with van der Waals surface area (Å²) in [4.78, 5) is 62.3. The van der Waals surface area contributed by atoms with E-state index in [-0.39, 0.29) is 39.6 Å². The van der Waals surface area contributed by atoms with E-state index in [1.54, 1.807) is 0 Å². The van der Waals surface area contributed by atoms with Crippen molar-refractivity contribution in [1.82, 2.24) is 0 Å². The van der Waals surface area contributed by atoms with Crippen LogP contribution in [0.2, 0.25) is 0 Å². The number of anilines is 2. The minimum atomic E-state index is -2.92. The molecule has 3 fully saturated rings. The molecular formula is C34H22Cl2F5N3O9. The first-order valence-corrected chi connectivity index (χ1v) is 16.3. The molecule has 12 nitrogen and oxygen atoms in total. The molecule has 19 heteroatoms. The van der Waals surface area contributed by atoms with Crippen LogP contribution in [0.4, 0.5) is 39.0 Å². The molecule has 2 aliphatic carbocycles. The Morgan fingerprint density at radius 1 is 0.868 bits per heavy atom. The predicted molar refractivity (Wildman–Crippen MR) is 173 cm³/mol. The molecular weight excluding hydrogens is 760 g/mol. The molecule has 1 N–H and O–H groups in total. The molecule has 3 aromatic carbocycles. The lowest BCUT2D eigenvalue weighted by atomic mass is 9.56. The average Bonchev–Trinajstić information content (AvgIpc) is 3.47. The number of phenolic OH excluding ortho intramolecular Hbond substituents is 1. The van der Waals surface area contributed by atoms with Gasteiger partial charge in [0.2, 0.25) is 17.6 Å². The fraction of sp³-hybridized carbons (Fsp3) is 0.294. The van der Waals surface area contributed by atoms with Crippen LogP contribution < -0.4 is 19.3 Å². The maximum Gasteiger partial charge on any atom is 0.271 e. The first kappa shape index (κ1) is 36.1. The van der Waals surface area contributed by atoms with Crippen molar-refractivity contribution >= 4 is 63.9 Å². The highest BCUT2D eigenvalue weighted by Gasteiger charge is 2.77. The summed E-state index contributed by atoms with van der Waals surface area (Å²) in [5.41, 5.74) is -2.85. The molecule has 6 atom stereocenters. The van der Waals surface area contributed by atoms with Crippen LogP contribution in [0, 0.1) is 57.0 Å². The number of alkyl halides is 2. The molecule has 4 aliphatic rings. The lowest BCUT2D eigenvalue weighted by molar-refractivity contribution is -0.384. The second-order valence-electron chi connectivity index (χ2n) is 12.7. The molecule has 7 rings (SSSR count). The van der Waals surface area contributed by atoms with Crippen molar-refractivity contribution in [2.24, 2.45) is 17.8 Å². The first-order chi connectivity index (χ1) is 25.0. The third-order valence-electron chi connectivity index (χ3n) is 10.4. The number of aromatic hydroxyl groups is 1. The number of nitrogens with zero attached hydrogens (tertiary/aromatic N) is 3. The van der Waals surface area contributed by atoms with Crippen molar-refractivity contribution in [2.75, 3.05) is 24.0 Å². The summed E-state index contributed by atoms with van der Waals surface area (Å²) in [6.07, 6.45) is 0.397. The van der Waals surface area contributed by atoms with Crippen LogP contribution in [0.5, 0.6) is 17.2 Å². The molecule has 2 heterocycles. The number of carbonyl (C=O) groups excluding carboxylic acids is 4. The van der Waals surface area contributed by atoms with Crippen molar-refractivity contribution in [3.63, 3.8) is 0 Å². The second kappa shape index (κ2) is 12.1. The highest BCUT2D eigenvalue weighted by molar-refractivity contribution is 6.58. The number of phenols is 1. The van der Waals surface area contributed by atoms with E-state index in [4.69, 9.17) is 32.7 Å². The molecule has 0 aromatic heterocycles. The van der Waals surface area contributed by atoms with Crippen LogP contribution in [-0.4, -0.2) is 57.6 Å². The van der Waals surface area contributed by atoms with Crippen LogP contribution >= 0.6 is 23.2 Å². The van der Waals surface area contributed by atoms with E-state index in [1.807, 2.05) is 0 Å². The Morgan fingerprint density at radius 2 is 1.51 bits per heavy atom. The molecule has 4 amide bonds. The van der Waals surface area contributed by atoms with Gasteiger partial charge in [0.1, 0.15) is 22.9 Å². The number of imide groups is 2. The molecule has 276 valence electrons. The molecule has 0 bridgehead atoms. The van der Waals surface area contributed by atoms with E-state index in [0.29, 0.717) is 0 Å². The smallest absolute Gasteiger partial charge is 0.271 e. The lowest BCUT2D eigenvalue weighted by Gasteiger charge is -2.50. The number of halogens is 7. The van der Waals surface area contributed by atoms with E-state index in [2.05, 4.69) is 0 Å². The zero-order chi connectivity index (χ0) is 38.6. The highest BCUT2D eigenvalue weighted by atomic mass is 35.5. The first-order valence-electron chi connectivity index (χ1n) is 15.5. The van der Waals surface area contributed by atoms with Crippen LogP contribution in [0.1, 0.15) is 24.3 Å². The number of allylic oxidation sites excluding steroid dienone is 2. The number of fused-ring (bicyclic) bond motifs is 4. The number of amides is 4. The SMILES string of the molecule is COc1cc(O)c(C2C3=CCC4C(=O)N(c5cccc([N+](=O)[O-])c5)C(=O)C4C3CC3(Cl)C(=O)N(c4c(F)c(F)c(F)c(F)c4F)C(=O)C23Cl)c(OC)c1. The van der Waals surface area contributed by atoms with Crippen LogP contribution in [0.15, 0.2) is 48.0 Å². The summed E-state index contributed by atoms with van der Waals surface area (Å²) in [6, 6.07) is 6.99. The van der Waals surface area contributed by atoms with E-state index >= 15 is 8.78 Å². The highest BCUT2D eigenvalue weighted by Crippen LogP contribution is 2.67. The number of non-ortho nitro benzene ring substituents is 1. The van der Waals surface area contributed by atoms with Crippen LogP contribution in [0.3, 0.4) is 0 Å². The van der Waals surface area contributed by atoms with Gasteiger partial charge in [-0.3, -0.25) is 29.3 Å². The molecule has 6 unspecified atom stereocenters. The van der Waals surface area contributed by atoms with Crippen molar-refractivity contribution in [1.29, 1.82) is 0 Å². The number of hydrogen-bond acceptors (Lipinski definition) is 9. The van der Waals surface area contributed by atoms with Gasteiger partial charge in [-0.2, -0.15) is 0 Å². The summed E-state index contributed by atoms with van der Waals surface area (Å²) >= 11 is 14.2. The van der Waals surface area contributed by atoms with E-state index in [1.165, 1.54) is 31.4 Å². The summed E-state index contributed by atoms with van der Waals surface area (Å²) in [7, 11) is 2.40. The third-order valence-corrected chi connectivity index (χ3v) is 11.8. The monoisotopic (exact) mass is 781 g/mol. The summed E-state index contributed by atoms with van der Waals surface area (Å²) < 4.78 is 84.3. The molecule has 0 spiro atoms. The van der Waals surface area contributed by atoms with Crippen molar-refractivity contribution in [3.05, 3.63) is 92.8 Å². The van der Waals surface area contributed by atoms with E-state index < -0.39 is 115 Å². The lowest BCUT2D eigenvalue weighted by Crippen LogP contribution is -2.60. The number of ether oxygens (including phenoxy) is 2. The Balaban J connectivity index is 1.46. The minimum Gasteiger partial charge on any atom is -0.507 e. The van der Waals surface area contributed by atoms with Crippen molar-refractivity contribution in [3.8, 4) is 17.2 Å². The number of rotatable bonds is 6. The van der Waals surface area contributed by atoms with Crippen molar-refractivity contribution < 1.29 is 60.6 Å². The third kappa shape index (κ3) is 4.65. The predicted octanol–water partition coefficient (Wildman–Crippen LogP) is 5.78. The normalized spacial score (nSPS) is 27.8. The van der Waals surface area contributed by atoms with Crippen LogP contribution in [0.25, 0.3) is 0 Å². The van der Waals surface area contributed by atoms with E-state index in [0.717, 1.165) is 30.2 Å². The van der Waals surface area contributed by atoms with Gasteiger partial charge in [0, 0.05) is 35.7 Å². The largest absolute Gasteiger partial charge is 0.507 e. The number of hydrogen-bond donors (Lipinski definition) is 1. The number of benzene rings is 3. The Bertz CT molecular complexity index is 2230. The minimum absolute atomic E-state index is 0.0231. The number of nitro groups is 1. The number of carbonyl (C=O) groups is 4. The number of nitro benzene ring substituents is 1. The standard InChI is InChI=1S/C34H22Cl2F5N3O9/c1-52-14-9-18(45)21(19(10-14)53-2)22-15-6-7-16-20(30(47)42(29(16)46)12-4-3-5-13(8-12)44(50)51)17(15)11-33(35)31(48)43(32(49)34(22,33)36)28-26(40)24(38)23(37)25(39)27(28)41/h3-6,8-10,16-17,20,22,45H,7,11H2,1-2H3. The van der Waals surface area contributed by atoms with Gasteiger partial charge in [-0.05, 0) is 24.8 Å². The van der Waals surface area contributed by atoms with Gasteiger partial charge in [0.15, 0.2) is 33.0 Å². The maximum absolute atomic E-state index is 15.3. The van der Waals surface area contributed by atoms with Gasteiger partial charge in [0.25, 0.3) is 17.5 Å². The molecule has 0 radical (unpaired) electrons. The molecule has 2 saturated heterocycles. The molecule has 53 heavy (non-hydrogen) atoms. The fourth-order valence-corrected chi connectivity index (χ4v) is 8.97. The average molecular weight is 782 g/mol. The van der Waals surface area contributed by atoms with Gasteiger partial charge in [-0.25, -0.2) is 31.8 Å². The van der Waals surface area contributed by atoms with Gasteiger partial charge in [0.05, 0.1) is 36.7 Å². The molecule has 2 aliphatic heterocycles. The summed E-state index contributed by atoms with van der Waals surface area (Å²) in [5, 5.41) is 22.9. The molecule has 1 saturated carbocycles. The topological polar surface area (TPSA) is 157 Å². The van der Waals surface area contributed by atoms with Crippen molar-refractivity contribution in [2.45, 2.75) is 28.5 Å². The van der Waals surface area contributed by atoms with Gasteiger partial charge in [-0.1, -0.05) is 17.7 Å². The fourth-order valence-electron chi connectivity index (χ4n) is 8.05. The Labute approximate surface area is 304 Å². The van der Waals surface area contributed by atoms with Gasteiger partial charge in [-0.15, -0.1) is 23.2 Å². The second-order valence-corrected chi connectivity index (χ2v) is 14.0. The zero-order valence-electron chi connectivity index (χ0n) is 27.0. The van der Waals surface area contributed by atoms with Crippen LogP contribution in [-0.2, 0) is 19.2 Å². The van der Waals surface area contributed by atoms with Gasteiger partial charge >= 0.3 is 0 Å². The Hall–Kier alpha value is -5.29. The summed E-state index contributed by atoms with van der Waals surface area (Å²) in [5.74, 6) is -24.4. The van der Waals surface area contributed by atoms with E-state index in [9.17, 15) is 47.6 Å². The quantitative estimate of drug-likeness (QED) is 0.0479. The zero-order valence-corrected chi connectivity index (χ0v) is 28.5. The Kier molecular flexibility index (Phi) is 8.26. The maximum atomic E-state index is 15.3. The summed E-state index contributed by atoms with van der Waals surface area (Å²) in [6.45, 7) is 0. The van der Waals surface area contributed by atoms with Gasteiger partial charge < -0.3 is 14.6 Å². The number of methoxy groups -OCH3 is 2. The molecule has 3 aromatic rings.